The predicted molar refractivity (Wildman–Crippen MR) is 204 cm³/mol. The van der Waals surface area contributed by atoms with E-state index in [1.165, 1.54) is 51.9 Å². The zero-order valence-corrected chi connectivity index (χ0v) is 29.9. The van der Waals surface area contributed by atoms with Crippen LogP contribution in [0.3, 0.4) is 0 Å². The number of aliphatic imine (C=N–C) groups is 2. The van der Waals surface area contributed by atoms with Gasteiger partial charge in [-0.15, -0.1) is 10.2 Å². The number of nitrogens with two attached hydrogens (primary N) is 1. The first kappa shape index (κ1) is 33.7. The SMILES string of the molecule is Cc1ccc2c(/N=C3\N/C(=N\c4c(NCCCN5CCCC5)nn5c(C)c(C)ccc45)C(N)=CC3=N)c(NCCCN3CCCC3)nn2c1C. The quantitative estimate of drug-likeness (QED) is 0.128. The van der Waals surface area contributed by atoms with Crippen LogP contribution in [0.25, 0.3) is 11.0 Å². The number of likely N-dealkylation sites (tertiary alicyclic amines) is 2. The number of pyridine rings is 2. The number of aryl methyl sites for hydroxylation is 4. The van der Waals surface area contributed by atoms with Gasteiger partial charge in [-0.3, -0.25) is 5.41 Å². The average molecular weight is 678 g/mol. The van der Waals surface area contributed by atoms with E-state index in [1.807, 2.05) is 15.1 Å². The van der Waals surface area contributed by atoms with Crippen LogP contribution >= 0.6 is 0 Å². The molecule has 0 amide bonds. The predicted octanol–water partition coefficient (Wildman–Crippen LogP) is 5.24. The topological polar surface area (TPSA) is 152 Å². The lowest BCUT2D eigenvalue weighted by Gasteiger charge is -2.18. The van der Waals surface area contributed by atoms with Crippen LogP contribution in [0.5, 0.6) is 0 Å². The molecule has 3 aliphatic heterocycles. The van der Waals surface area contributed by atoms with Gasteiger partial charge in [-0.25, -0.2) is 19.0 Å². The first-order valence-corrected chi connectivity index (χ1v) is 18.2. The maximum Gasteiger partial charge on any atom is 0.175 e. The molecule has 13 heteroatoms. The third kappa shape index (κ3) is 6.97. The highest BCUT2D eigenvalue weighted by molar-refractivity contribution is 6.50. The molecule has 7 heterocycles. The molecule has 6 N–H and O–H groups in total. The molecule has 0 bridgehead atoms. The highest BCUT2D eigenvalue weighted by Gasteiger charge is 2.24. The van der Waals surface area contributed by atoms with E-state index in [0.29, 0.717) is 40.4 Å². The summed E-state index contributed by atoms with van der Waals surface area (Å²) in [6.07, 6.45) is 8.80. The van der Waals surface area contributed by atoms with Gasteiger partial charge in [-0.2, -0.15) is 0 Å². The number of nitrogens with one attached hydrogen (secondary N) is 4. The Hall–Kier alpha value is -4.75. The van der Waals surface area contributed by atoms with Crippen molar-refractivity contribution in [3.8, 4) is 0 Å². The minimum absolute atomic E-state index is 0.177. The molecule has 13 nitrogen and oxygen atoms in total. The summed E-state index contributed by atoms with van der Waals surface area (Å²) in [5, 5.41) is 29.2. The molecule has 4 aromatic heterocycles. The summed E-state index contributed by atoms with van der Waals surface area (Å²) < 4.78 is 3.89. The summed E-state index contributed by atoms with van der Waals surface area (Å²) in [6.45, 7) is 16.7. The number of fused-ring (bicyclic) bond motifs is 2. The smallest absolute Gasteiger partial charge is 0.175 e. The van der Waals surface area contributed by atoms with E-state index in [2.05, 4.69) is 71.6 Å². The standard InChI is InChI=1S/C37H51N13/c1-24-11-13-30-32(36(45-49(30)26(24)3)40-15-9-21-47-17-5-6-18-47)42-34-28(38)23-29(39)35(44-34)43-33-31-14-12-25(2)27(4)50(31)46-37(33)41-16-10-22-48-19-7-8-20-48/h11-14,23,38H,5-10,15-22,39H2,1-4H3,(H,40,45)(H,41,46)(H,42,43,44). The number of amidine groups is 2. The van der Waals surface area contributed by atoms with Gasteiger partial charge in [-0.05, 0) is 135 Å². The van der Waals surface area contributed by atoms with E-state index < -0.39 is 0 Å². The van der Waals surface area contributed by atoms with Gasteiger partial charge in [0, 0.05) is 24.5 Å². The molecule has 50 heavy (non-hydrogen) atoms. The number of nitrogens with zero attached hydrogens (tertiary/aromatic N) is 8. The zero-order valence-electron chi connectivity index (χ0n) is 29.9. The molecule has 2 fully saturated rings. The Labute approximate surface area is 294 Å². The molecule has 0 aliphatic carbocycles. The van der Waals surface area contributed by atoms with Crippen LogP contribution in [0.15, 0.2) is 46.0 Å². The highest BCUT2D eigenvalue weighted by atomic mass is 15.3. The van der Waals surface area contributed by atoms with Crippen LogP contribution in [0.1, 0.15) is 61.0 Å². The minimum atomic E-state index is 0.177. The van der Waals surface area contributed by atoms with E-state index in [0.717, 1.165) is 72.6 Å². The van der Waals surface area contributed by atoms with Crippen LogP contribution < -0.4 is 21.7 Å². The van der Waals surface area contributed by atoms with E-state index in [4.69, 9.17) is 31.3 Å². The van der Waals surface area contributed by atoms with Crippen molar-refractivity contribution in [1.82, 2.24) is 34.3 Å². The van der Waals surface area contributed by atoms with Gasteiger partial charge in [0.25, 0.3) is 0 Å². The summed E-state index contributed by atoms with van der Waals surface area (Å²) in [5.41, 5.74) is 14.6. The van der Waals surface area contributed by atoms with Crippen LogP contribution in [0.2, 0.25) is 0 Å². The van der Waals surface area contributed by atoms with Gasteiger partial charge in [0.05, 0.1) is 22.4 Å². The van der Waals surface area contributed by atoms with Gasteiger partial charge in [0.15, 0.2) is 23.3 Å². The molecular weight excluding hydrogens is 626 g/mol. The number of hydrogen-bond donors (Lipinski definition) is 5. The summed E-state index contributed by atoms with van der Waals surface area (Å²) >= 11 is 0. The van der Waals surface area contributed by atoms with Gasteiger partial charge in [-0.1, -0.05) is 12.1 Å². The lowest BCUT2D eigenvalue weighted by atomic mass is 10.1. The van der Waals surface area contributed by atoms with Crippen molar-refractivity contribution >= 4 is 51.4 Å². The van der Waals surface area contributed by atoms with Crippen molar-refractivity contribution in [1.29, 1.82) is 5.41 Å². The summed E-state index contributed by atoms with van der Waals surface area (Å²) in [4.78, 5) is 15.2. The Morgan fingerprint density at radius 2 is 1.18 bits per heavy atom. The van der Waals surface area contributed by atoms with Crippen molar-refractivity contribution in [2.45, 2.75) is 66.2 Å². The van der Waals surface area contributed by atoms with E-state index >= 15 is 0 Å². The van der Waals surface area contributed by atoms with Gasteiger partial charge in [0.1, 0.15) is 11.4 Å². The van der Waals surface area contributed by atoms with Gasteiger partial charge >= 0.3 is 0 Å². The Bertz CT molecular complexity index is 1980. The Morgan fingerprint density at radius 3 is 1.66 bits per heavy atom. The highest BCUT2D eigenvalue weighted by Crippen LogP contribution is 2.34. The van der Waals surface area contributed by atoms with Crippen LogP contribution in [0.4, 0.5) is 23.0 Å². The van der Waals surface area contributed by atoms with Crippen molar-refractivity contribution in [2.24, 2.45) is 15.7 Å². The second-order valence-corrected chi connectivity index (χ2v) is 13.9. The summed E-state index contributed by atoms with van der Waals surface area (Å²) in [6, 6.07) is 8.28. The van der Waals surface area contributed by atoms with E-state index in [-0.39, 0.29) is 5.71 Å². The summed E-state index contributed by atoms with van der Waals surface area (Å²) in [5.74, 6) is 2.18. The number of anilines is 2. The largest absolute Gasteiger partial charge is 0.396 e. The fourth-order valence-corrected chi connectivity index (χ4v) is 7.08. The third-order valence-electron chi connectivity index (χ3n) is 10.3. The first-order chi connectivity index (χ1) is 24.3. The molecule has 7 rings (SSSR count). The maximum absolute atomic E-state index is 8.85. The maximum atomic E-state index is 8.85. The van der Waals surface area contributed by atoms with E-state index in [1.54, 1.807) is 6.08 Å². The summed E-state index contributed by atoms with van der Waals surface area (Å²) in [7, 11) is 0. The molecule has 0 atom stereocenters. The van der Waals surface area contributed by atoms with E-state index in [9.17, 15) is 0 Å². The lowest BCUT2D eigenvalue weighted by Crippen LogP contribution is -2.42. The number of rotatable bonds is 12. The molecule has 0 unspecified atom stereocenters. The van der Waals surface area contributed by atoms with Gasteiger partial charge < -0.3 is 31.5 Å². The fraction of sp³-hybridized carbons (Fsp3) is 0.486. The van der Waals surface area contributed by atoms with Crippen LogP contribution in [-0.4, -0.2) is 98.8 Å². The first-order valence-electron chi connectivity index (χ1n) is 18.2. The molecule has 0 aromatic carbocycles. The molecule has 0 radical (unpaired) electrons. The van der Waals surface area contributed by atoms with Crippen LogP contribution in [0, 0.1) is 33.1 Å². The van der Waals surface area contributed by atoms with Crippen LogP contribution in [-0.2, 0) is 0 Å². The Morgan fingerprint density at radius 1 is 0.720 bits per heavy atom. The molecular formula is C37H51N13. The number of aromatic nitrogens is 4. The average Bonchev–Trinajstić information content (AvgIpc) is 3.92. The molecule has 0 spiro atoms. The van der Waals surface area contributed by atoms with Crippen molar-refractivity contribution in [2.75, 3.05) is 63.0 Å². The van der Waals surface area contributed by atoms with Crippen molar-refractivity contribution in [3.05, 3.63) is 58.6 Å². The Balaban J connectivity index is 1.19. The Kier molecular flexibility index (Phi) is 9.86. The molecule has 4 aromatic rings. The molecule has 3 aliphatic rings. The second kappa shape index (κ2) is 14.6. The van der Waals surface area contributed by atoms with Gasteiger partial charge in [0.2, 0.25) is 0 Å². The lowest BCUT2D eigenvalue weighted by molar-refractivity contribution is 0.337. The molecule has 264 valence electrons. The molecule has 0 saturated carbocycles. The van der Waals surface area contributed by atoms with Crippen molar-refractivity contribution in [3.63, 3.8) is 0 Å². The minimum Gasteiger partial charge on any atom is -0.396 e. The molecule has 2 saturated heterocycles. The zero-order chi connectivity index (χ0) is 34.8. The second-order valence-electron chi connectivity index (χ2n) is 13.9. The normalized spacial score (nSPS) is 19.0. The monoisotopic (exact) mass is 677 g/mol. The van der Waals surface area contributed by atoms with Crippen molar-refractivity contribution < 1.29 is 0 Å². The fourth-order valence-electron chi connectivity index (χ4n) is 7.08. The number of hydrogen-bond acceptors (Lipinski definition) is 10. The third-order valence-corrected chi connectivity index (χ3v) is 10.3.